The molecule has 2 aliphatic heterocycles. The number of nitrogens with zero attached hydrogens (tertiary/aromatic N) is 2. The number of nitrogens with one attached hydrogen (secondary N) is 1. The number of hydrogen-bond acceptors (Lipinski definition) is 4. The smallest absolute Gasteiger partial charge is 0.109 e. The fourth-order valence-electron chi connectivity index (χ4n) is 2.80. The number of hydrogen-bond donors (Lipinski definition) is 1. The van der Waals surface area contributed by atoms with Crippen molar-refractivity contribution in [3.63, 3.8) is 0 Å². The first kappa shape index (κ1) is 9.75. The standard InChI is InChI=1S/C11H17N3S/c1-8(11-13-2-3-15-11)14-6-9-4-12-5-10(9)7-14/h2-3,8-10,12H,4-7H2,1H3/t8?,9-,10+. The number of aromatic nitrogens is 1. The molecule has 3 rings (SSSR count). The van der Waals surface area contributed by atoms with Crippen LogP contribution in [0.3, 0.4) is 0 Å². The molecule has 1 unspecified atom stereocenters. The lowest BCUT2D eigenvalue weighted by Gasteiger charge is -2.23. The van der Waals surface area contributed by atoms with Crippen molar-refractivity contribution in [2.24, 2.45) is 11.8 Å². The molecule has 0 radical (unpaired) electrons. The van der Waals surface area contributed by atoms with Gasteiger partial charge in [0.15, 0.2) is 0 Å². The fourth-order valence-corrected chi connectivity index (χ4v) is 3.53. The predicted octanol–water partition coefficient (Wildman–Crippen LogP) is 1.36. The summed E-state index contributed by atoms with van der Waals surface area (Å²) in [5.74, 6) is 1.76. The molecule has 0 spiro atoms. The molecule has 1 aromatic rings. The normalized spacial score (nSPS) is 33.1. The van der Waals surface area contributed by atoms with Crippen LogP contribution in [0.15, 0.2) is 11.6 Å². The first-order valence-electron chi connectivity index (χ1n) is 5.69. The van der Waals surface area contributed by atoms with Crippen molar-refractivity contribution in [3.05, 3.63) is 16.6 Å². The van der Waals surface area contributed by atoms with Crippen LogP contribution in [0, 0.1) is 11.8 Å². The molecule has 0 saturated carbocycles. The summed E-state index contributed by atoms with van der Waals surface area (Å²) in [5.41, 5.74) is 0. The maximum atomic E-state index is 4.42. The Kier molecular flexibility index (Phi) is 2.50. The Labute approximate surface area is 94.5 Å². The van der Waals surface area contributed by atoms with E-state index in [1.807, 2.05) is 6.20 Å². The second-order valence-electron chi connectivity index (χ2n) is 4.68. The Bertz CT molecular complexity index is 313. The monoisotopic (exact) mass is 223 g/mol. The molecule has 4 heteroatoms. The van der Waals surface area contributed by atoms with Crippen molar-refractivity contribution in [3.8, 4) is 0 Å². The Morgan fingerprint density at radius 3 is 2.80 bits per heavy atom. The van der Waals surface area contributed by atoms with Gasteiger partial charge in [0.1, 0.15) is 5.01 Å². The highest BCUT2D eigenvalue weighted by Crippen LogP contribution is 2.33. The van der Waals surface area contributed by atoms with E-state index in [-0.39, 0.29) is 0 Å². The molecule has 3 heterocycles. The average Bonchev–Trinajstić information content (AvgIpc) is 2.92. The highest BCUT2D eigenvalue weighted by molar-refractivity contribution is 7.09. The van der Waals surface area contributed by atoms with Crippen LogP contribution in [-0.4, -0.2) is 36.1 Å². The van der Waals surface area contributed by atoms with Gasteiger partial charge in [-0.1, -0.05) is 0 Å². The van der Waals surface area contributed by atoms with Gasteiger partial charge in [-0.25, -0.2) is 4.98 Å². The van der Waals surface area contributed by atoms with E-state index in [9.17, 15) is 0 Å². The first-order chi connectivity index (χ1) is 7.34. The Hall–Kier alpha value is -0.450. The molecule has 0 bridgehead atoms. The van der Waals surface area contributed by atoms with E-state index >= 15 is 0 Å². The van der Waals surface area contributed by atoms with Gasteiger partial charge in [0.05, 0.1) is 6.04 Å². The molecular formula is C11H17N3S. The zero-order chi connectivity index (χ0) is 10.3. The minimum Gasteiger partial charge on any atom is -0.316 e. The number of rotatable bonds is 2. The third-order valence-corrected chi connectivity index (χ3v) is 4.72. The van der Waals surface area contributed by atoms with Crippen LogP contribution in [0.5, 0.6) is 0 Å². The van der Waals surface area contributed by atoms with E-state index in [0.29, 0.717) is 6.04 Å². The highest BCUT2D eigenvalue weighted by atomic mass is 32.1. The molecule has 2 saturated heterocycles. The lowest BCUT2D eigenvalue weighted by Crippen LogP contribution is -2.28. The summed E-state index contributed by atoms with van der Waals surface area (Å²) >= 11 is 1.78. The summed E-state index contributed by atoms with van der Waals surface area (Å²) in [6, 6.07) is 0.510. The third-order valence-electron chi connectivity index (χ3n) is 3.77. The van der Waals surface area contributed by atoms with E-state index < -0.39 is 0 Å². The number of fused-ring (bicyclic) bond motifs is 1. The molecular weight excluding hydrogens is 206 g/mol. The summed E-state index contributed by atoms with van der Waals surface area (Å²) in [7, 11) is 0. The maximum absolute atomic E-state index is 4.42. The summed E-state index contributed by atoms with van der Waals surface area (Å²) in [5, 5.41) is 6.82. The Morgan fingerprint density at radius 1 is 1.47 bits per heavy atom. The van der Waals surface area contributed by atoms with E-state index in [2.05, 4.69) is 27.5 Å². The van der Waals surface area contributed by atoms with Crippen molar-refractivity contribution < 1.29 is 0 Å². The topological polar surface area (TPSA) is 28.2 Å². The molecule has 2 aliphatic rings. The van der Waals surface area contributed by atoms with Gasteiger partial charge in [-0.2, -0.15) is 0 Å². The first-order valence-corrected chi connectivity index (χ1v) is 6.56. The second-order valence-corrected chi connectivity index (χ2v) is 5.60. The van der Waals surface area contributed by atoms with Gasteiger partial charge in [0.25, 0.3) is 0 Å². The van der Waals surface area contributed by atoms with Crippen LogP contribution in [0.4, 0.5) is 0 Å². The van der Waals surface area contributed by atoms with Gasteiger partial charge in [-0.15, -0.1) is 11.3 Å². The summed E-state index contributed by atoms with van der Waals surface area (Å²) in [4.78, 5) is 7.01. The second kappa shape index (κ2) is 3.85. The molecule has 15 heavy (non-hydrogen) atoms. The zero-order valence-electron chi connectivity index (χ0n) is 9.02. The van der Waals surface area contributed by atoms with E-state index in [0.717, 1.165) is 11.8 Å². The van der Waals surface area contributed by atoms with Crippen molar-refractivity contribution >= 4 is 11.3 Å². The minimum absolute atomic E-state index is 0.510. The van der Waals surface area contributed by atoms with Crippen LogP contribution in [0.25, 0.3) is 0 Å². The molecule has 3 atom stereocenters. The van der Waals surface area contributed by atoms with Crippen molar-refractivity contribution in [2.75, 3.05) is 26.2 Å². The molecule has 82 valence electrons. The quantitative estimate of drug-likeness (QED) is 0.820. The van der Waals surface area contributed by atoms with Crippen LogP contribution in [0.1, 0.15) is 18.0 Å². The van der Waals surface area contributed by atoms with Gasteiger partial charge in [0, 0.05) is 24.7 Å². The Balaban J connectivity index is 1.69. The molecule has 0 aromatic carbocycles. The molecule has 3 nitrogen and oxygen atoms in total. The largest absolute Gasteiger partial charge is 0.316 e. The van der Waals surface area contributed by atoms with Gasteiger partial charge in [-0.05, 0) is 31.8 Å². The summed E-state index contributed by atoms with van der Waals surface area (Å²) < 4.78 is 0. The van der Waals surface area contributed by atoms with Crippen LogP contribution in [-0.2, 0) is 0 Å². The maximum Gasteiger partial charge on any atom is 0.109 e. The van der Waals surface area contributed by atoms with E-state index in [1.54, 1.807) is 11.3 Å². The molecule has 1 aromatic heterocycles. The van der Waals surface area contributed by atoms with Gasteiger partial charge in [0.2, 0.25) is 0 Å². The lowest BCUT2D eigenvalue weighted by molar-refractivity contribution is 0.243. The van der Waals surface area contributed by atoms with Gasteiger partial charge < -0.3 is 5.32 Å². The highest BCUT2D eigenvalue weighted by Gasteiger charge is 2.38. The van der Waals surface area contributed by atoms with Crippen LogP contribution in [0.2, 0.25) is 0 Å². The molecule has 2 fully saturated rings. The fraction of sp³-hybridized carbons (Fsp3) is 0.727. The van der Waals surface area contributed by atoms with E-state index in [4.69, 9.17) is 0 Å². The predicted molar refractivity (Wildman–Crippen MR) is 62.0 cm³/mol. The average molecular weight is 223 g/mol. The van der Waals surface area contributed by atoms with Crippen molar-refractivity contribution in [2.45, 2.75) is 13.0 Å². The summed E-state index contributed by atoms with van der Waals surface area (Å²) in [6.07, 6.45) is 1.91. The lowest BCUT2D eigenvalue weighted by atomic mass is 10.0. The summed E-state index contributed by atoms with van der Waals surface area (Å²) in [6.45, 7) is 7.21. The Morgan fingerprint density at radius 2 is 2.20 bits per heavy atom. The van der Waals surface area contributed by atoms with Crippen molar-refractivity contribution in [1.82, 2.24) is 15.2 Å². The number of thiazole rings is 1. The molecule has 0 aliphatic carbocycles. The molecule has 1 N–H and O–H groups in total. The van der Waals surface area contributed by atoms with E-state index in [1.165, 1.54) is 31.2 Å². The van der Waals surface area contributed by atoms with Gasteiger partial charge >= 0.3 is 0 Å². The molecule has 0 amide bonds. The van der Waals surface area contributed by atoms with Crippen LogP contribution < -0.4 is 5.32 Å². The minimum atomic E-state index is 0.510. The van der Waals surface area contributed by atoms with Gasteiger partial charge in [-0.3, -0.25) is 4.90 Å². The SMILES string of the molecule is CC(c1nccs1)N1C[C@H]2CNC[C@H]2C1. The van der Waals surface area contributed by atoms with Crippen molar-refractivity contribution in [1.29, 1.82) is 0 Å². The zero-order valence-corrected chi connectivity index (χ0v) is 9.83. The third kappa shape index (κ3) is 1.71. The number of likely N-dealkylation sites (tertiary alicyclic amines) is 1. The van der Waals surface area contributed by atoms with Crippen LogP contribution >= 0.6 is 11.3 Å².